The Labute approximate surface area is 191 Å². The second-order valence-electron chi connectivity index (χ2n) is 7.27. The molecular weight excluding hydrogens is 454 g/mol. The average Bonchev–Trinajstić information content (AvgIpc) is 3.15. The number of nitrogens with zero attached hydrogens (tertiary/aromatic N) is 2. The lowest BCUT2D eigenvalue weighted by Gasteiger charge is -2.25. The van der Waals surface area contributed by atoms with Crippen LogP contribution >= 0.6 is 0 Å². The summed E-state index contributed by atoms with van der Waals surface area (Å²) in [5, 5.41) is 18.1. The van der Waals surface area contributed by atoms with Crippen LogP contribution in [-0.4, -0.2) is 62.7 Å². The van der Waals surface area contributed by atoms with Crippen LogP contribution in [0.2, 0.25) is 0 Å². The van der Waals surface area contributed by atoms with E-state index in [9.17, 15) is 19.2 Å². The molecular formula is C21H19N3O10. The number of nitrogens with one attached hydrogen (secondary N) is 1. The third-order valence-electron chi connectivity index (χ3n) is 5.12. The quantitative estimate of drug-likeness (QED) is 0.284. The number of aromatic nitrogens is 2. The number of ether oxygens (including phenoxy) is 4. The Hall–Kier alpha value is -4.07. The van der Waals surface area contributed by atoms with Crippen molar-refractivity contribution in [1.29, 1.82) is 0 Å². The standard InChI is InChI=1S/C21H19N3O10/c25-9-11-1-3-12(4-2-11)20(28)31-10-13-17-18(34-16(27)6-5-15(26)33-17)19(32-13)24-8-7-14(23-30)22-21(24)29/h1-8,13,17-19,25,30H,9-10H2,(H,22,23,29)/b6-5-/t13-,17-,18-,19-/m1/s1. The van der Waals surface area contributed by atoms with Crippen LogP contribution in [0.4, 0.5) is 5.82 Å². The highest BCUT2D eigenvalue weighted by Gasteiger charge is 2.51. The molecule has 0 spiro atoms. The van der Waals surface area contributed by atoms with Crippen LogP contribution in [0, 0.1) is 0 Å². The fourth-order valence-electron chi connectivity index (χ4n) is 3.47. The van der Waals surface area contributed by atoms with Crippen molar-refractivity contribution >= 4 is 23.7 Å². The number of aliphatic hydroxyl groups excluding tert-OH is 1. The van der Waals surface area contributed by atoms with Gasteiger partial charge in [0.2, 0.25) is 0 Å². The van der Waals surface area contributed by atoms with E-state index in [1.807, 2.05) is 0 Å². The Balaban J connectivity index is 1.58. The maximum absolute atomic E-state index is 12.4. The highest BCUT2D eigenvalue weighted by Crippen LogP contribution is 2.34. The van der Waals surface area contributed by atoms with Crippen molar-refractivity contribution in [2.45, 2.75) is 31.1 Å². The number of fused-ring (bicyclic) bond motifs is 1. The molecule has 3 N–H and O–H groups in total. The maximum atomic E-state index is 12.4. The summed E-state index contributed by atoms with van der Waals surface area (Å²) < 4.78 is 22.8. The van der Waals surface area contributed by atoms with Gasteiger partial charge in [0.25, 0.3) is 0 Å². The van der Waals surface area contributed by atoms with Crippen molar-refractivity contribution in [3.8, 4) is 0 Å². The van der Waals surface area contributed by atoms with Crippen molar-refractivity contribution in [1.82, 2.24) is 9.55 Å². The fraction of sp³-hybridized carbons (Fsp3) is 0.286. The molecule has 4 rings (SSSR count). The Morgan fingerprint density at radius 1 is 1.06 bits per heavy atom. The van der Waals surface area contributed by atoms with Crippen molar-refractivity contribution in [3.63, 3.8) is 0 Å². The van der Waals surface area contributed by atoms with Crippen molar-refractivity contribution < 1.29 is 43.6 Å². The first-order chi connectivity index (χ1) is 16.4. The van der Waals surface area contributed by atoms with Crippen LogP contribution in [0.3, 0.4) is 0 Å². The van der Waals surface area contributed by atoms with E-state index in [0.29, 0.717) is 5.56 Å². The molecule has 178 valence electrons. The highest BCUT2D eigenvalue weighted by atomic mass is 16.7. The normalized spacial score (nSPS) is 24.8. The van der Waals surface area contributed by atoms with Gasteiger partial charge in [-0.05, 0) is 23.8 Å². The van der Waals surface area contributed by atoms with Gasteiger partial charge in [-0.15, -0.1) is 0 Å². The van der Waals surface area contributed by atoms with Crippen LogP contribution in [-0.2, 0) is 35.1 Å². The van der Waals surface area contributed by atoms with Gasteiger partial charge in [0, 0.05) is 18.3 Å². The number of rotatable bonds is 6. The van der Waals surface area contributed by atoms with Gasteiger partial charge in [-0.2, -0.15) is 4.98 Å². The largest absolute Gasteiger partial charge is 0.459 e. The van der Waals surface area contributed by atoms with Gasteiger partial charge in [-0.25, -0.2) is 19.2 Å². The van der Waals surface area contributed by atoms with E-state index in [1.165, 1.54) is 24.4 Å². The molecule has 13 heteroatoms. The number of esters is 3. The van der Waals surface area contributed by atoms with Gasteiger partial charge in [-0.3, -0.25) is 15.3 Å². The zero-order chi connectivity index (χ0) is 24.2. The molecule has 0 amide bonds. The number of carbonyl (C=O) groups excluding carboxylic acids is 3. The van der Waals surface area contributed by atoms with E-state index in [0.717, 1.165) is 16.7 Å². The number of hydrogen-bond donors (Lipinski definition) is 3. The first kappa shape index (κ1) is 23.1. The molecule has 0 saturated carbocycles. The molecule has 0 unspecified atom stereocenters. The van der Waals surface area contributed by atoms with E-state index in [1.54, 1.807) is 17.6 Å². The molecule has 0 radical (unpaired) electrons. The van der Waals surface area contributed by atoms with Crippen LogP contribution in [0.15, 0.2) is 53.5 Å². The second-order valence-corrected chi connectivity index (χ2v) is 7.27. The molecule has 2 aliphatic heterocycles. The first-order valence-electron chi connectivity index (χ1n) is 10.0. The van der Waals surface area contributed by atoms with E-state index < -0.39 is 54.7 Å². The Bertz CT molecular complexity index is 1180. The summed E-state index contributed by atoms with van der Waals surface area (Å²) in [5.41, 5.74) is 1.70. The maximum Gasteiger partial charge on any atom is 0.351 e. The molecule has 34 heavy (non-hydrogen) atoms. The summed E-state index contributed by atoms with van der Waals surface area (Å²) in [6.07, 6.45) is -1.85. The zero-order valence-corrected chi connectivity index (χ0v) is 17.4. The van der Waals surface area contributed by atoms with Gasteiger partial charge < -0.3 is 24.1 Å². The topological polar surface area (TPSA) is 176 Å². The third kappa shape index (κ3) is 4.80. The van der Waals surface area contributed by atoms with Gasteiger partial charge in [0.15, 0.2) is 24.3 Å². The summed E-state index contributed by atoms with van der Waals surface area (Å²) in [5.74, 6) is -2.55. The Morgan fingerprint density at radius 3 is 2.35 bits per heavy atom. The molecule has 1 aromatic heterocycles. The lowest BCUT2D eigenvalue weighted by Crippen LogP contribution is -2.43. The zero-order valence-electron chi connectivity index (χ0n) is 17.4. The van der Waals surface area contributed by atoms with E-state index in [2.05, 4.69) is 4.98 Å². The van der Waals surface area contributed by atoms with Crippen LogP contribution in [0.25, 0.3) is 0 Å². The van der Waals surface area contributed by atoms with E-state index >= 15 is 0 Å². The predicted molar refractivity (Wildman–Crippen MR) is 109 cm³/mol. The lowest BCUT2D eigenvalue weighted by molar-refractivity contribution is -0.164. The highest BCUT2D eigenvalue weighted by molar-refractivity contribution is 5.92. The van der Waals surface area contributed by atoms with Crippen molar-refractivity contribution in [2.75, 3.05) is 12.1 Å². The van der Waals surface area contributed by atoms with Gasteiger partial charge in [-0.1, -0.05) is 12.1 Å². The molecule has 13 nitrogen and oxygen atoms in total. The van der Waals surface area contributed by atoms with Gasteiger partial charge >= 0.3 is 23.6 Å². The summed E-state index contributed by atoms with van der Waals surface area (Å²) in [4.78, 5) is 52.6. The van der Waals surface area contributed by atoms with Crippen LogP contribution in [0.1, 0.15) is 22.1 Å². The lowest BCUT2D eigenvalue weighted by atomic mass is 10.1. The average molecular weight is 473 g/mol. The predicted octanol–water partition coefficient (Wildman–Crippen LogP) is -0.315. The number of aliphatic hydroxyl groups is 1. The molecule has 4 atom stereocenters. The van der Waals surface area contributed by atoms with Crippen LogP contribution < -0.4 is 11.2 Å². The smallest absolute Gasteiger partial charge is 0.351 e. The minimum Gasteiger partial charge on any atom is -0.459 e. The first-order valence-corrected chi connectivity index (χ1v) is 10.0. The molecule has 2 aliphatic rings. The summed E-state index contributed by atoms with van der Waals surface area (Å²) >= 11 is 0. The minimum atomic E-state index is -1.27. The summed E-state index contributed by atoms with van der Waals surface area (Å²) in [6.45, 7) is -0.580. The molecule has 1 aromatic carbocycles. The number of hydrogen-bond acceptors (Lipinski definition) is 12. The van der Waals surface area contributed by atoms with Crippen molar-refractivity contribution in [2.24, 2.45) is 0 Å². The van der Waals surface area contributed by atoms with Crippen molar-refractivity contribution in [3.05, 3.63) is 70.3 Å². The molecule has 1 fully saturated rings. The molecule has 0 aliphatic carbocycles. The fourth-order valence-corrected chi connectivity index (χ4v) is 3.47. The number of benzene rings is 1. The molecule has 2 aromatic rings. The Kier molecular flexibility index (Phi) is 6.67. The minimum absolute atomic E-state index is 0.127. The molecule has 1 saturated heterocycles. The monoisotopic (exact) mass is 473 g/mol. The molecule has 3 heterocycles. The van der Waals surface area contributed by atoms with Gasteiger partial charge in [0.1, 0.15) is 12.7 Å². The van der Waals surface area contributed by atoms with Crippen LogP contribution in [0.5, 0.6) is 0 Å². The van der Waals surface area contributed by atoms with E-state index in [-0.39, 0.29) is 18.0 Å². The summed E-state index contributed by atoms with van der Waals surface area (Å²) in [7, 11) is 0. The number of anilines is 1. The third-order valence-corrected chi connectivity index (χ3v) is 5.12. The number of carbonyl (C=O) groups is 3. The molecule has 0 bridgehead atoms. The second kappa shape index (κ2) is 9.82. The summed E-state index contributed by atoms with van der Waals surface area (Å²) in [6, 6.07) is 7.32. The SMILES string of the molecule is O=C1/C=C\C(=O)O[C@H]2[C@@H](O1)[C@H](n1ccc(NO)nc1=O)O[C@@H]2COC(=O)c1ccc(CO)cc1. The van der Waals surface area contributed by atoms with E-state index in [4.69, 9.17) is 29.3 Å². The van der Waals surface area contributed by atoms with Gasteiger partial charge in [0.05, 0.1) is 12.2 Å². The Morgan fingerprint density at radius 2 is 1.74 bits per heavy atom.